The van der Waals surface area contributed by atoms with Crippen molar-refractivity contribution in [3.63, 3.8) is 0 Å². The van der Waals surface area contributed by atoms with Gasteiger partial charge in [0.05, 0.1) is 0 Å². The van der Waals surface area contributed by atoms with E-state index in [-0.39, 0.29) is 5.91 Å². The number of hydrogen-bond donors (Lipinski definition) is 1. The van der Waals surface area contributed by atoms with E-state index in [0.29, 0.717) is 25.4 Å². The third-order valence-electron chi connectivity index (χ3n) is 6.10. The number of aliphatic hydroxyl groups is 1. The smallest absolute Gasteiger partial charge is 0.256 e. The number of nitrogens with zero attached hydrogens (tertiary/aromatic N) is 2. The van der Waals surface area contributed by atoms with Crippen LogP contribution in [0.5, 0.6) is 0 Å². The van der Waals surface area contributed by atoms with E-state index in [1.165, 1.54) is 16.0 Å². The fourth-order valence-corrected chi connectivity index (χ4v) is 5.29. The summed E-state index contributed by atoms with van der Waals surface area (Å²) in [5.74, 6) is 0.395. The summed E-state index contributed by atoms with van der Waals surface area (Å²) >= 11 is 1.81. The van der Waals surface area contributed by atoms with Gasteiger partial charge in [0.2, 0.25) is 0 Å². The van der Waals surface area contributed by atoms with E-state index in [1.54, 1.807) is 0 Å². The Kier molecular flexibility index (Phi) is 5.59. The second-order valence-corrected chi connectivity index (χ2v) is 9.59. The van der Waals surface area contributed by atoms with Crippen molar-refractivity contribution in [2.75, 3.05) is 19.6 Å². The van der Waals surface area contributed by atoms with Gasteiger partial charge in [-0.2, -0.15) is 0 Å². The van der Waals surface area contributed by atoms with E-state index < -0.39 is 5.60 Å². The Bertz CT molecular complexity index is 829. The largest absolute Gasteiger partial charge is 0.379 e. The zero-order valence-corrected chi connectivity index (χ0v) is 17.7. The molecule has 2 aliphatic rings. The van der Waals surface area contributed by atoms with Gasteiger partial charge in [-0.15, -0.1) is 11.3 Å². The molecule has 1 amide bonds. The number of β-amino-alcohol motifs (C(OH)–C–C–N with tert-alkyl or cyclic N) is 1. The minimum absolute atomic E-state index is 0.109. The van der Waals surface area contributed by atoms with E-state index in [4.69, 9.17) is 0 Å². The molecule has 0 saturated carbocycles. The molecule has 4 nitrogen and oxygen atoms in total. The van der Waals surface area contributed by atoms with Crippen LogP contribution in [-0.2, 0) is 24.3 Å². The standard InChI is InChI=1S/C23H30N2O2S/c1-17(2)19-6-4-18(5-7-19)14-25-11-3-10-23(27,22(25)26)16-24-12-8-21-20(15-24)9-13-28-21/h4-7,9,13,17,27H,3,8,10-12,14-16H2,1-2H3/t23-/m0/s1. The lowest BCUT2D eigenvalue weighted by molar-refractivity contribution is -0.160. The van der Waals surface area contributed by atoms with Crippen LogP contribution in [0, 0.1) is 0 Å². The lowest BCUT2D eigenvalue weighted by atomic mass is 9.90. The van der Waals surface area contributed by atoms with Crippen molar-refractivity contribution in [2.45, 2.75) is 57.7 Å². The average molecular weight is 399 g/mol. The van der Waals surface area contributed by atoms with Crippen LogP contribution < -0.4 is 0 Å². The number of fused-ring (bicyclic) bond motifs is 1. The van der Waals surface area contributed by atoms with Crippen molar-refractivity contribution in [3.05, 3.63) is 57.3 Å². The third-order valence-corrected chi connectivity index (χ3v) is 7.12. The van der Waals surface area contributed by atoms with Crippen molar-refractivity contribution in [3.8, 4) is 0 Å². The molecule has 5 heteroatoms. The van der Waals surface area contributed by atoms with E-state index in [1.807, 2.05) is 16.2 Å². The molecule has 1 saturated heterocycles. The van der Waals surface area contributed by atoms with Crippen molar-refractivity contribution >= 4 is 17.2 Å². The molecule has 4 rings (SSSR count). The Balaban J connectivity index is 1.42. The van der Waals surface area contributed by atoms with Crippen LogP contribution in [0.4, 0.5) is 0 Å². The Morgan fingerprint density at radius 3 is 2.71 bits per heavy atom. The molecule has 1 atom stereocenters. The number of amides is 1. The number of rotatable bonds is 5. The van der Waals surface area contributed by atoms with Gasteiger partial charge in [0, 0.05) is 37.6 Å². The van der Waals surface area contributed by atoms with Crippen LogP contribution in [0.25, 0.3) is 0 Å². The van der Waals surface area contributed by atoms with Crippen molar-refractivity contribution in [2.24, 2.45) is 0 Å². The molecule has 1 N–H and O–H groups in total. The molecular formula is C23H30N2O2S. The monoisotopic (exact) mass is 398 g/mol. The van der Waals surface area contributed by atoms with Gasteiger partial charge in [-0.05, 0) is 53.3 Å². The van der Waals surface area contributed by atoms with Crippen molar-refractivity contribution in [1.82, 2.24) is 9.80 Å². The van der Waals surface area contributed by atoms with E-state index >= 15 is 0 Å². The van der Waals surface area contributed by atoms with Crippen molar-refractivity contribution in [1.29, 1.82) is 0 Å². The number of piperidine rings is 1. The highest BCUT2D eigenvalue weighted by molar-refractivity contribution is 7.10. The minimum atomic E-state index is -1.26. The number of carbonyl (C=O) groups is 1. The molecule has 3 heterocycles. The van der Waals surface area contributed by atoms with Gasteiger partial charge in [-0.25, -0.2) is 0 Å². The number of benzene rings is 1. The van der Waals surface area contributed by atoms with E-state index in [9.17, 15) is 9.90 Å². The maximum atomic E-state index is 13.1. The van der Waals surface area contributed by atoms with Crippen LogP contribution >= 0.6 is 11.3 Å². The Hall–Kier alpha value is -1.69. The molecule has 28 heavy (non-hydrogen) atoms. The number of likely N-dealkylation sites (tertiary alicyclic amines) is 1. The second kappa shape index (κ2) is 7.97. The third kappa shape index (κ3) is 4.02. The van der Waals surface area contributed by atoms with E-state index in [0.717, 1.165) is 38.0 Å². The van der Waals surface area contributed by atoms with Crippen LogP contribution in [0.15, 0.2) is 35.7 Å². The van der Waals surface area contributed by atoms with Crippen LogP contribution in [0.3, 0.4) is 0 Å². The lowest BCUT2D eigenvalue weighted by Gasteiger charge is -2.41. The quantitative estimate of drug-likeness (QED) is 0.834. The zero-order chi connectivity index (χ0) is 19.7. The van der Waals surface area contributed by atoms with Gasteiger partial charge in [0.25, 0.3) is 5.91 Å². The molecule has 150 valence electrons. The Morgan fingerprint density at radius 2 is 1.96 bits per heavy atom. The first-order valence-electron chi connectivity index (χ1n) is 10.3. The van der Waals surface area contributed by atoms with Gasteiger partial charge < -0.3 is 10.0 Å². The molecule has 1 aromatic heterocycles. The number of carbonyl (C=O) groups excluding carboxylic acids is 1. The predicted octanol–water partition coefficient (Wildman–Crippen LogP) is 3.78. The van der Waals surface area contributed by atoms with Crippen molar-refractivity contribution < 1.29 is 9.90 Å². The Morgan fingerprint density at radius 1 is 1.18 bits per heavy atom. The fraction of sp³-hybridized carbons (Fsp3) is 0.522. The summed E-state index contributed by atoms with van der Waals surface area (Å²) in [6.07, 6.45) is 2.43. The predicted molar refractivity (Wildman–Crippen MR) is 113 cm³/mol. The Labute approximate surface area is 171 Å². The number of thiophene rings is 1. The normalized spacial score (nSPS) is 23.3. The highest BCUT2D eigenvalue weighted by Gasteiger charge is 2.43. The second-order valence-electron chi connectivity index (χ2n) is 8.59. The molecule has 0 unspecified atom stereocenters. The first-order valence-corrected chi connectivity index (χ1v) is 11.2. The maximum absolute atomic E-state index is 13.1. The molecule has 0 bridgehead atoms. The molecule has 1 aromatic carbocycles. The van der Waals surface area contributed by atoms with Crippen LogP contribution in [0.2, 0.25) is 0 Å². The van der Waals surface area contributed by atoms with Crippen LogP contribution in [-0.4, -0.2) is 46.0 Å². The number of hydrogen-bond acceptors (Lipinski definition) is 4. The van der Waals surface area contributed by atoms with Gasteiger partial charge >= 0.3 is 0 Å². The lowest BCUT2D eigenvalue weighted by Crippen LogP contribution is -2.58. The van der Waals surface area contributed by atoms with Gasteiger partial charge in [0.1, 0.15) is 0 Å². The molecule has 1 fully saturated rings. The first kappa shape index (κ1) is 19.6. The summed E-state index contributed by atoms with van der Waals surface area (Å²) in [6, 6.07) is 10.7. The summed E-state index contributed by atoms with van der Waals surface area (Å²) in [7, 11) is 0. The van der Waals surface area contributed by atoms with Gasteiger partial charge in [0.15, 0.2) is 5.60 Å². The first-order chi connectivity index (χ1) is 13.4. The summed E-state index contributed by atoms with van der Waals surface area (Å²) in [4.78, 5) is 18.7. The summed E-state index contributed by atoms with van der Waals surface area (Å²) < 4.78 is 0. The summed E-state index contributed by atoms with van der Waals surface area (Å²) in [5, 5.41) is 13.4. The molecule has 2 aliphatic heterocycles. The molecular weight excluding hydrogens is 368 g/mol. The molecule has 0 aliphatic carbocycles. The zero-order valence-electron chi connectivity index (χ0n) is 16.9. The highest BCUT2D eigenvalue weighted by atomic mass is 32.1. The minimum Gasteiger partial charge on any atom is -0.379 e. The van der Waals surface area contributed by atoms with Crippen LogP contribution in [0.1, 0.15) is 54.2 Å². The topological polar surface area (TPSA) is 43.8 Å². The molecule has 0 radical (unpaired) electrons. The van der Waals surface area contributed by atoms with Gasteiger partial charge in [-0.3, -0.25) is 9.69 Å². The fourth-order valence-electron chi connectivity index (χ4n) is 4.40. The maximum Gasteiger partial charge on any atom is 0.256 e. The summed E-state index contributed by atoms with van der Waals surface area (Å²) in [5.41, 5.74) is 2.53. The van der Waals surface area contributed by atoms with E-state index in [2.05, 4.69) is 54.5 Å². The SMILES string of the molecule is CC(C)c1ccc(CN2CCC[C@](O)(CN3CCc4sccc4C3)C2=O)cc1. The molecule has 2 aromatic rings. The average Bonchev–Trinajstić information content (AvgIpc) is 3.14. The molecule has 0 spiro atoms. The van der Waals surface area contributed by atoms with Gasteiger partial charge in [-0.1, -0.05) is 38.1 Å². The highest BCUT2D eigenvalue weighted by Crippen LogP contribution is 2.29. The summed E-state index contributed by atoms with van der Waals surface area (Å²) in [6.45, 7) is 7.86.